The lowest BCUT2D eigenvalue weighted by Crippen LogP contribution is -2.44. The number of aliphatic hydroxyl groups excluding tert-OH is 1. The summed E-state index contributed by atoms with van der Waals surface area (Å²) in [6, 6.07) is 0.431. The summed E-state index contributed by atoms with van der Waals surface area (Å²) in [5.74, 6) is 0.919. The molecule has 16 heavy (non-hydrogen) atoms. The predicted octanol–water partition coefficient (Wildman–Crippen LogP) is 2.80. The first-order valence-corrected chi connectivity index (χ1v) is 7.15. The van der Waals surface area contributed by atoms with Crippen LogP contribution in [0.25, 0.3) is 0 Å². The smallest absolute Gasteiger partial charge is 0.0695 e. The molecule has 2 fully saturated rings. The number of aliphatic hydroxyl groups is 1. The summed E-state index contributed by atoms with van der Waals surface area (Å²) >= 11 is 0. The van der Waals surface area contributed by atoms with Crippen molar-refractivity contribution in [3.8, 4) is 0 Å². The molecule has 0 saturated heterocycles. The Hall–Kier alpha value is -0.0800. The van der Waals surface area contributed by atoms with E-state index >= 15 is 0 Å². The summed E-state index contributed by atoms with van der Waals surface area (Å²) in [6.07, 6.45) is 11.6. The van der Waals surface area contributed by atoms with Crippen LogP contribution in [-0.2, 0) is 0 Å². The van der Waals surface area contributed by atoms with Gasteiger partial charge in [0.1, 0.15) is 0 Å². The van der Waals surface area contributed by atoms with Gasteiger partial charge in [-0.2, -0.15) is 0 Å². The van der Waals surface area contributed by atoms with Gasteiger partial charge in [0.05, 0.1) is 6.10 Å². The lowest BCUT2D eigenvalue weighted by molar-refractivity contribution is 0.0305. The van der Waals surface area contributed by atoms with Gasteiger partial charge in [-0.25, -0.2) is 0 Å². The first-order valence-electron chi connectivity index (χ1n) is 7.15. The van der Waals surface area contributed by atoms with E-state index in [0.29, 0.717) is 6.04 Å². The molecular weight excluding hydrogens is 198 g/mol. The highest BCUT2D eigenvalue weighted by Gasteiger charge is 2.27. The average Bonchev–Trinajstić information content (AvgIpc) is 2.18. The zero-order valence-electron chi connectivity index (χ0n) is 10.7. The Balaban J connectivity index is 1.82. The molecule has 0 aromatic carbocycles. The fourth-order valence-electron chi connectivity index (χ4n) is 3.18. The van der Waals surface area contributed by atoms with Gasteiger partial charge in [-0.1, -0.05) is 32.1 Å². The maximum absolute atomic E-state index is 10.2. The van der Waals surface area contributed by atoms with E-state index in [1.807, 2.05) is 0 Å². The van der Waals surface area contributed by atoms with Crippen LogP contribution in [0.2, 0.25) is 0 Å². The van der Waals surface area contributed by atoms with Crippen molar-refractivity contribution in [3.05, 3.63) is 0 Å². The maximum atomic E-state index is 10.2. The van der Waals surface area contributed by atoms with E-state index in [4.69, 9.17) is 0 Å². The van der Waals surface area contributed by atoms with E-state index in [2.05, 4.69) is 11.9 Å². The van der Waals surface area contributed by atoms with Gasteiger partial charge in [0.15, 0.2) is 0 Å². The third-order valence-electron chi connectivity index (χ3n) is 4.53. The molecule has 2 aliphatic carbocycles. The van der Waals surface area contributed by atoms with E-state index in [-0.39, 0.29) is 6.10 Å². The Kier molecular flexibility index (Phi) is 4.66. The van der Waals surface area contributed by atoms with Crippen LogP contribution in [0, 0.1) is 5.92 Å². The highest BCUT2D eigenvalue weighted by atomic mass is 16.3. The largest absolute Gasteiger partial charge is 0.391 e. The molecule has 2 saturated carbocycles. The van der Waals surface area contributed by atoms with Crippen LogP contribution in [0.15, 0.2) is 0 Å². The summed E-state index contributed by atoms with van der Waals surface area (Å²) in [4.78, 5) is 2.44. The Morgan fingerprint density at radius 1 is 0.938 bits per heavy atom. The molecule has 1 N–H and O–H groups in total. The fraction of sp³-hybridized carbons (Fsp3) is 1.00. The topological polar surface area (TPSA) is 23.5 Å². The second-order valence-electron chi connectivity index (χ2n) is 5.86. The Morgan fingerprint density at radius 2 is 1.62 bits per heavy atom. The molecule has 0 heterocycles. The molecule has 2 rings (SSSR count). The zero-order valence-corrected chi connectivity index (χ0v) is 10.7. The number of rotatable bonds is 3. The van der Waals surface area contributed by atoms with E-state index < -0.39 is 0 Å². The van der Waals surface area contributed by atoms with Crippen LogP contribution < -0.4 is 0 Å². The number of likely N-dealkylation sites (N-methyl/N-ethyl adjacent to an activating group) is 1. The lowest BCUT2D eigenvalue weighted by Gasteiger charge is -2.37. The zero-order chi connectivity index (χ0) is 11.4. The van der Waals surface area contributed by atoms with Gasteiger partial charge in [-0.15, -0.1) is 0 Å². The van der Waals surface area contributed by atoms with Crippen molar-refractivity contribution in [3.63, 3.8) is 0 Å². The molecule has 0 radical (unpaired) electrons. The lowest BCUT2D eigenvalue weighted by atomic mass is 9.84. The normalized spacial score (nSPS) is 33.2. The summed E-state index contributed by atoms with van der Waals surface area (Å²) in [5, 5.41) is 10.2. The third kappa shape index (κ3) is 3.21. The average molecular weight is 225 g/mol. The van der Waals surface area contributed by atoms with Crippen LogP contribution in [0.5, 0.6) is 0 Å². The van der Waals surface area contributed by atoms with Crippen molar-refractivity contribution in [1.82, 2.24) is 4.90 Å². The molecule has 2 nitrogen and oxygen atoms in total. The van der Waals surface area contributed by atoms with Crippen molar-refractivity contribution in [1.29, 1.82) is 0 Å². The monoisotopic (exact) mass is 225 g/mol. The van der Waals surface area contributed by atoms with Crippen LogP contribution in [0.1, 0.15) is 57.8 Å². The summed E-state index contributed by atoms with van der Waals surface area (Å²) in [6.45, 7) is 1.21. The van der Waals surface area contributed by atoms with Gasteiger partial charge >= 0.3 is 0 Å². The number of hydrogen-bond acceptors (Lipinski definition) is 2. The standard InChI is InChI=1S/C14H27NO/c1-15(11-12-7-6-8-12)13-9-4-2-3-5-10-14(13)16/h12-14,16H,2-11H2,1H3. The van der Waals surface area contributed by atoms with Gasteiger partial charge in [0, 0.05) is 12.6 Å². The van der Waals surface area contributed by atoms with Crippen LogP contribution >= 0.6 is 0 Å². The third-order valence-corrected chi connectivity index (χ3v) is 4.53. The molecule has 0 amide bonds. The van der Waals surface area contributed by atoms with E-state index in [0.717, 1.165) is 12.3 Å². The van der Waals surface area contributed by atoms with E-state index in [1.54, 1.807) is 0 Å². The summed E-state index contributed by atoms with van der Waals surface area (Å²) in [7, 11) is 2.22. The Bertz CT molecular complexity index is 203. The SMILES string of the molecule is CN(CC1CCC1)C1CCCCCCC1O. The summed E-state index contributed by atoms with van der Waals surface area (Å²) in [5.41, 5.74) is 0. The Morgan fingerprint density at radius 3 is 2.25 bits per heavy atom. The minimum absolute atomic E-state index is 0.0784. The molecule has 0 spiro atoms. The van der Waals surface area contributed by atoms with Crippen LogP contribution in [0.4, 0.5) is 0 Å². The minimum atomic E-state index is -0.0784. The fourth-order valence-corrected chi connectivity index (χ4v) is 3.18. The molecule has 0 aromatic heterocycles. The van der Waals surface area contributed by atoms with Crippen molar-refractivity contribution in [2.75, 3.05) is 13.6 Å². The molecule has 2 unspecified atom stereocenters. The molecule has 2 atom stereocenters. The van der Waals surface area contributed by atoms with Crippen molar-refractivity contribution in [2.45, 2.75) is 69.9 Å². The van der Waals surface area contributed by atoms with Gasteiger partial charge in [0.2, 0.25) is 0 Å². The van der Waals surface area contributed by atoms with Crippen LogP contribution in [-0.4, -0.2) is 35.7 Å². The van der Waals surface area contributed by atoms with Gasteiger partial charge in [-0.05, 0) is 38.6 Å². The second-order valence-corrected chi connectivity index (χ2v) is 5.86. The van der Waals surface area contributed by atoms with E-state index in [9.17, 15) is 5.11 Å². The molecule has 2 aliphatic rings. The molecule has 0 bridgehead atoms. The minimum Gasteiger partial charge on any atom is -0.391 e. The van der Waals surface area contributed by atoms with Crippen molar-refractivity contribution < 1.29 is 5.11 Å². The maximum Gasteiger partial charge on any atom is 0.0695 e. The molecule has 0 aromatic rings. The van der Waals surface area contributed by atoms with Crippen molar-refractivity contribution in [2.24, 2.45) is 5.92 Å². The van der Waals surface area contributed by atoms with Crippen molar-refractivity contribution >= 4 is 0 Å². The first kappa shape index (κ1) is 12.4. The second kappa shape index (κ2) is 6.02. The predicted molar refractivity (Wildman–Crippen MR) is 67.5 cm³/mol. The molecule has 94 valence electrons. The Labute approximate surface area is 100 Å². The van der Waals surface area contributed by atoms with Gasteiger partial charge in [0.25, 0.3) is 0 Å². The first-order chi connectivity index (χ1) is 7.77. The number of hydrogen-bond donors (Lipinski definition) is 1. The summed E-state index contributed by atoms with van der Waals surface area (Å²) < 4.78 is 0. The van der Waals surface area contributed by atoms with Crippen LogP contribution in [0.3, 0.4) is 0 Å². The highest BCUT2D eigenvalue weighted by Crippen LogP contribution is 2.29. The number of nitrogens with zero attached hydrogens (tertiary/aromatic N) is 1. The highest BCUT2D eigenvalue weighted by molar-refractivity contribution is 4.82. The van der Waals surface area contributed by atoms with E-state index in [1.165, 1.54) is 57.9 Å². The molecular formula is C14H27NO. The van der Waals surface area contributed by atoms with Gasteiger partial charge in [-0.3, -0.25) is 0 Å². The molecule has 0 aliphatic heterocycles. The molecule has 2 heteroatoms. The van der Waals surface area contributed by atoms with Gasteiger partial charge < -0.3 is 10.0 Å². The quantitative estimate of drug-likeness (QED) is 0.798.